The van der Waals surface area contributed by atoms with E-state index in [1.54, 1.807) is 6.92 Å². The predicted octanol–water partition coefficient (Wildman–Crippen LogP) is 2.48. The van der Waals surface area contributed by atoms with Crippen molar-refractivity contribution in [3.05, 3.63) is 0 Å². The fourth-order valence-corrected chi connectivity index (χ4v) is 3.59. The normalized spacial score (nSPS) is 31.3. The van der Waals surface area contributed by atoms with E-state index in [9.17, 15) is 14.7 Å². The van der Waals surface area contributed by atoms with E-state index in [0.717, 1.165) is 25.7 Å². The van der Waals surface area contributed by atoms with Crippen LogP contribution in [0, 0.1) is 5.41 Å². The number of nitrogens with zero attached hydrogens (tertiary/aromatic N) is 1. The Morgan fingerprint density at radius 3 is 2.39 bits per heavy atom. The van der Waals surface area contributed by atoms with Crippen molar-refractivity contribution in [2.75, 3.05) is 13.2 Å². The van der Waals surface area contributed by atoms with Crippen molar-refractivity contribution in [2.24, 2.45) is 5.41 Å². The van der Waals surface area contributed by atoms with Crippen molar-refractivity contribution in [1.29, 1.82) is 0 Å². The molecular weight excluding hydrogens is 298 g/mol. The zero-order chi connectivity index (χ0) is 17.3. The number of aliphatic hydroxyl groups excluding tert-OH is 1. The van der Waals surface area contributed by atoms with Gasteiger partial charge in [-0.15, -0.1) is 0 Å². The molecule has 2 rings (SSSR count). The van der Waals surface area contributed by atoms with Gasteiger partial charge in [-0.3, -0.25) is 4.90 Å². The first-order valence-electron chi connectivity index (χ1n) is 8.50. The highest BCUT2D eigenvalue weighted by molar-refractivity contribution is 5.82. The van der Waals surface area contributed by atoms with Crippen LogP contribution in [0.2, 0.25) is 0 Å². The Balaban J connectivity index is 2.15. The third kappa shape index (κ3) is 4.37. The average molecular weight is 327 g/mol. The number of ether oxygens (including phenoxy) is 2. The molecule has 0 aromatic heterocycles. The third-order valence-electron chi connectivity index (χ3n) is 4.71. The van der Waals surface area contributed by atoms with Gasteiger partial charge in [0.2, 0.25) is 0 Å². The highest BCUT2D eigenvalue weighted by atomic mass is 16.6. The zero-order valence-corrected chi connectivity index (χ0v) is 14.6. The van der Waals surface area contributed by atoms with Crippen molar-refractivity contribution in [3.63, 3.8) is 0 Å². The van der Waals surface area contributed by atoms with Gasteiger partial charge in [0.25, 0.3) is 0 Å². The minimum atomic E-state index is -0.602. The second-order valence-electron chi connectivity index (χ2n) is 7.81. The maximum atomic E-state index is 12.5. The molecule has 6 heteroatoms. The van der Waals surface area contributed by atoms with E-state index >= 15 is 0 Å². The summed E-state index contributed by atoms with van der Waals surface area (Å²) in [6.45, 7) is 7.99. The quantitative estimate of drug-likeness (QED) is 0.789. The maximum Gasteiger partial charge on any atom is 0.411 e. The molecule has 0 aromatic carbocycles. The summed E-state index contributed by atoms with van der Waals surface area (Å²) in [5, 5.41) is 9.74. The molecule has 2 aliphatic rings. The van der Waals surface area contributed by atoms with E-state index in [-0.39, 0.29) is 17.5 Å². The molecule has 6 nitrogen and oxygen atoms in total. The van der Waals surface area contributed by atoms with Gasteiger partial charge >= 0.3 is 12.1 Å². The van der Waals surface area contributed by atoms with Crippen LogP contribution >= 0.6 is 0 Å². The Hall–Kier alpha value is -1.30. The van der Waals surface area contributed by atoms with Crippen molar-refractivity contribution in [2.45, 2.75) is 77.5 Å². The van der Waals surface area contributed by atoms with Crippen molar-refractivity contribution >= 4 is 12.1 Å². The summed E-state index contributed by atoms with van der Waals surface area (Å²) >= 11 is 0. The van der Waals surface area contributed by atoms with Crippen molar-refractivity contribution in [1.82, 2.24) is 4.90 Å². The lowest BCUT2D eigenvalue weighted by Crippen LogP contribution is -2.44. The molecule has 1 spiro atoms. The number of carbonyl (C=O) groups excluding carboxylic acids is 2. The lowest BCUT2D eigenvalue weighted by molar-refractivity contribution is -0.148. The standard InChI is InChI=1S/C17H29NO5/c1-5-22-14(20)13-10-17(8-6-12(19)7-9-17)11-18(13)15(21)23-16(2,3)4/h12-13,19H,5-11H2,1-4H3. The van der Waals surface area contributed by atoms with Gasteiger partial charge in [-0.05, 0) is 65.2 Å². The topological polar surface area (TPSA) is 76.1 Å². The monoisotopic (exact) mass is 327 g/mol. The molecule has 0 aromatic rings. The van der Waals surface area contributed by atoms with Gasteiger partial charge in [0.1, 0.15) is 11.6 Å². The second-order valence-corrected chi connectivity index (χ2v) is 7.81. The van der Waals surface area contributed by atoms with E-state index in [2.05, 4.69) is 0 Å². The summed E-state index contributed by atoms with van der Waals surface area (Å²) in [6.07, 6.45) is 2.95. The van der Waals surface area contributed by atoms with Crippen LogP contribution in [-0.4, -0.2) is 53.0 Å². The summed E-state index contributed by atoms with van der Waals surface area (Å²) in [6, 6.07) is -0.583. The minimum Gasteiger partial charge on any atom is -0.464 e. The highest BCUT2D eigenvalue weighted by Crippen LogP contribution is 2.46. The number of aliphatic hydroxyl groups is 1. The van der Waals surface area contributed by atoms with E-state index in [0.29, 0.717) is 19.6 Å². The first kappa shape index (κ1) is 18.0. The predicted molar refractivity (Wildman–Crippen MR) is 84.9 cm³/mol. The van der Waals surface area contributed by atoms with Gasteiger partial charge in [0.05, 0.1) is 12.7 Å². The molecule has 132 valence electrons. The molecule has 2 fully saturated rings. The third-order valence-corrected chi connectivity index (χ3v) is 4.71. The first-order valence-corrected chi connectivity index (χ1v) is 8.50. The Bertz CT molecular complexity index is 448. The summed E-state index contributed by atoms with van der Waals surface area (Å²) < 4.78 is 10.6. The van der Waals surface area contributed by atoms with Crippen LogP contribution in [-0.2, 0) is 14.3 Å². The Labute approximate surface area is 138 Å². The number of amides is 1. The molecule has 23 heavy (non-hydrogen) atoms. The van der Waals surface area contributed by atoms with Gasteiger partial charge in [0.15, 0.2) is 0 Å². The molecule has 1 aliphatic carbocycles. The molecule has 1 N–H and O–H groups in total. The Morgan fingerprint density at radius 2 is 1.87 bits per heavy atom. The Morgan fingerprint density at radius 1 is 1.26 bits per heavy atom. The molecular formula is C17H29NO5. The summed E-state index contributed by atoms with van der Waals surface area (Å²) in [5.74, 6) is -0.360. The van der Waals surface area contributed by atoms with Crippen LogP contribution in [0.1, 0.15) is 59.8 Å². The molecule has 1 amide bonds. The number of likely N-dealkylation sites (tertiary alicyclic amines) is 1. The molecule has 1 saturated carbocycles. The summed E-state index contributed by atoms with van der Waals surface area (Å²) in [4.78, 5) is 26.3. The fourth-order valence-electron chi connectivity index (χ4n) is 3.59. The van der Waals surface area contributed by atoms with Crippen LogP contribution in [0.4, 0.5) is 4.79 Å². The summed E-state index contributed by atoms with van der Waals surface area (Å²) in [5.41, 5.74) is -0.706. The van der Waals surface area contributed by atoms with Gasteiger partial charge in [0, 0.05) is 6.54 Å². The van der Waals surface area contributed by atoms with Crippen molar-refractivity contribution < 1.29 is 24.2 Å². The zero-order valence-electron chi connectivity index (χ0n) is 14.6. The van der Waals surface area contributed by atoms with E-state index in [1.165, 1.54) is 4.90 Å². The van der Waals surface area contributed by atoms with E-state index in [4.69, 9.17) is 9.47 Å². The van der Waals surface area contributed by atoms with Gasteiger partial charge in [-0.2, -0.15) is 0 Å². The van der Waals surface area contributed by atoms with Gasteiger partial charge in [-0.25, -0.2) is 9.59 Å². The number of rotatable bonds is 2. The molecule has 0 bridgehead atoms. The molecule has 1 unspecified atom stereocenters. The minimum absolute atomic E-state index is 0.104. The van der Waals surface area contributed by atoms with E-state index in [1.807, 2.05) is 20.8 Å². The van der Waals surface area contributed by atoms with E-state index < -0.39 is 17.7 Å². The molecule has 1 saturated heterocycles. The first-order chi connectivity index (χ1) is 10.7. The lowest BCUT2D eigenvalue weighted by Gasteiger charge is -2.35. The largest absolute Gasteiger partial charge is 0.464 e. The number of hydrogen-bond acceptors (Lipinski definition) is 5. The van der Waals surface area contributed by atoms with Gasteiger partial charge in [-0.1, -0.05) is 0 Å². The van der Waals surface area contributed by atoms with Crippen LogP contribution in [0.3, 0.4) is 0 Å². The van der Waals surface area contributed by atoms with Crippen LogP contribution in [0.25, 0.3) is 0 Å². The number of carbonyl (C=O) groups is 2. The van der Waals surface area contributed by atoms with Crippen molar-refractivity contribution in [3.8, 4) is 0 Å². The fraction of sp³-hybridized carbons (Fsp3) is 0.882. The molecule has 1 aliphatic heterocycles. The van der Waals surface area contributed by atoms with Crippen LogP contribution in [0.5, 0.6) is 0 Å². The molecule has 0 radical (unpaired) electrons. The molecule has 1 atom stereocenters. The number of hydrogen-bond donors (Lipinski definition) is 1. The average Bonchev–Trinajstić information content (AvgIpc) is 2.81. The second kappa shape index (κ2) is 6.67. The smallest absolute Gasteiger partial charge is 0.411 e. The Kier molecular flexibility index (Phi) is 5.23. The van der Waals surface area contributed by atoms with Crippen LogP contribution in [0.15, 0.2) is 0 Å². The highest BCUT2D eigenvalue weighted by Gasteiger charge is 2.51. The molecule has 1 heterocycles. The SMILES string of the molecule is CCOC(=O)C1CC2(CCC(O)CC2)CN1C(=O)OC(C)(C)C. The number of esters is 1. The maximum absolute atomic E-state index is 12.5. The summed E-state index contributed by atoms with van der Waals surface area (Å²) in [7, 11) is 0. The van der Waals surface area contributed by atoms with Gasteiger partial charge < -0.3 is 14.6 Å². The lowest BCUT2D eigenvalue weighted by atomic mass is 9.72. The van der Waals surface area contributed by atoms with Crippen LogP contribution < -0.4 is 0 Å².